The molecule has 0 fully saturated rings. The number of alkyl halides is 6. The number of rotatable bonds is 2. The Kier molecular flexibility index (Phi) is 6.37. The van der Waals surface area contributed by atoms with Crippen LogP contribution in [0.5, 0.6) is 0 Å². The molecule has 2 aromatic carbocycles. The van der Waals surface area contributed by atoms with Crippen LogP contribution in [0.4, 0.5) is 26.3 Å². The summed E-state index contributed by atoms with van der Waals surface area (Å²) in [6.07, 6.45) is -8.20. The van der Waals surface area contributed by atoms with E-state index in [1.54, 1.807) is 24.4 Å². The van der Waals surface area contributed by atoms with Gasteiger partial charge >= 0.3 is 12.4 Å². The van der Waals surface area contributed by atoms with Gasteiger partial charge in [0.2, 0.25) is 0 Å². The molecule has 1 aromatic heterocycles. The van der Waals surface area contributed by atoms with Gasteiger partial charge < -0.3 is 4.98 Å². The average Bonchev–Trinajstić information content (AvgIpc) is 2.54. The van der Waals surface area contributed by atoms with Gasteiger partial charge in [0.15, 0.2) is 0 Å². The smallest absolute Gasteiger partial charge is 0.306 e. The molecule has 1 nitrogen and oxygen atoms in total. The third kappa shape index (κ3) is 5.08. The van der Waals surface area contributed by atoms with Crippen LogP contribution in [0.2, 0.25) is 0 Å². The van der Waals surface area contributed by atoms with Crippen molar-refractivity contribution in [1.82, 2.24) is 4.98 Å². The van der Waals surface area contributed by atoms with Gasteiger partial charge in [-0.05, 0) is 35.7 Å². The zero-order valence-electron chi connectivity index (χ0n) is 14.0. The van der Waals surface area contributed by atoms with E-state index in [1.165, 1.54) is 0 Å². The summed E-state index contributed by atoms with van der Waals surface area (Å²) in [4.78, 5) is 4.15. The molecule has 8 heteroatoms. The number of aromatic nitrogens is 1. The van der Waals surface area contributed by atoms with Crippen LogP contribution in [0.1, 0.15) is 27.8 Å². The minimum Gasteiger partial charge on any atom is -0.306 e. The standard InChI is InChI=1S/C19H12F6N.Y/c1-11-4-5-26-17-3-2-12(9-16(11)17)6-13-7-14(18(20,21)22)10-15(8-13)19(23,24)25;/h2-5,7-8,10H,6H2,1H3;/q-1;. The van der Waals surface area contributed by atoms with Gasteiger partial charge in [-0.15, -0.1) is 34.7 Å². The van der Waals surface area contributed by atoms with Crippen LogP contribution in [-0.2, 0) is 51.5 Å². The maximum atomic E-state index is 13.0. The second-order valence-corrected chi connectivity index (χ2v) is 5.96. The number of hydrogen-bond donors (Lipinski definition) is 0. The molecule has 0 saturated carbocycles. The third-order valence-electron chi connectivity index (χ3n) is 3.96. The minimum absolute atomic E-state index is 0. The van der Waals surface area contributed by atoms with Crippen molar-refractivity contribution in [2.75, 3.05) is 0 Å². The Morgan fingerprint density at radius 1 is 0.889 bits per heavy atom. The zero-order valence-corrected chi connectivity index (χ0v) is 16.9. The van der Waals surface area contributed by atoms with E-state index in [0.29, 0.717) is 16.5 Å². The Morgan fingerprint density at radius 2 is 1.48 bits per heavy atom. The number of halogens is 6. The van der Waals surface area contributed by atoms with E-state index in [4.69, 9.17) is 0 Å². The molecule has 0 bridgehead atoms. The molecule has 0 atom stereocenters. The Bertz CT molecular complexity index is 930. The molecule has 0 spiro atoms. The first-order valence-electron chi connectivity index (χ1n) is 7.59. The SMILES string of the molecule is Cc1ccnc2ccc(Cc3cc(C(F)(F)F)cc(C(F)(F)F)c3)[c-]c12.[Y]. The molecule has 1 radical (unpaired) electrons. The van der Waals surface area contributed by atoms with Crippen molar-refractivity contribution in [3.05, 3.63) is 76.5 Å². The number of nitrogens with zero attached hydrogens (tertiary/aromatic N) is 1. The molecule has 1 heterocycles. The predicted octanol–water partition coefficient (Wildman–Crippen LogP) is 5.97. The molecule has 27 heavy (non-hydrogen) atoms. The maximum Gasteiger partial charge on any atom is 0.416 e. The molecule has 0 amide bonds. The second-order valence-electron chi connectivity index (χ2n) is 5.96. The number of hydrogen-bond acceptors (Lipinski definition) is 1. The third-order valence-corrected chi connectivity index (χ3v) is 3.96. The molecule has 3 aromatic rings. The van der Waals surface area contributed by atoms with Gasteiger partial charge in [-0.1, -0.05) is 13.0 Å². The van der Waals surface area contributed by atoms with Crippen molar-refractivity contribution in [2.45, 2.75) is 25.7 Å². The first-order chi connectivity index (χ1) is 12.0. The Morgan fingerprint density at radius 3 is 2.04 bits per heavy atom. The van der Waals surface area contributed by atoms with E-state index in [9.17, 15) is 26.3 Å². The summed E-state index contributed by atoms with van der Waals surface area (Å²) in [7, 11) is 0. The van der Waals surface area contributed by atoms with Crippen LogP contribution in [0, 0.1) is 13.0 Å². The summed E-state index contributed by atoms with van der Waals surface area (Å²) in [6.45, 7) is 1.83. The summed E-state index contributed by atoms with van der Waals surface area (Å²) < 4.78 is 77.7. The zero-order chi connectivity index (χ0) is 19.1. The van der Waals surface area contributed by atoms with Crippen LogP contribution >= 0.6 is 0 Å². The van der Waals surface area contributed by atoms with Crippen LogP contribution < -0.4 is 0 Å². The fourth-order valence-corrected chi connectivity index (χ4v) is 2.69. The van der Waals surface area contributed by atoms with Crippen molar-refractivity contribution in [3.63, 3.8) is 0 Å². The Labute approximate surface area is 176 Å². The number of benzene rings is 2. The van der Waals surface area contributed by atoms with Crippen LogP contribution in [0.3, 0.4) is 0 Å². The normalized spacial score (nSPS) is 12.1. The van der Waals surface area contributed by atoms with Crippen molar-refractivity contribution in [3.8, 4) is 0 Å². The van der Waals surface area contributed by atoms with E-state index >= 15 is 0 Å². The van der Waals surface area contributed by atoms with E-state index in [0.717, 1.165) is 17.7 Å². The van der Waals surface area contributed by atoms with E-state index in [1.807, 2.05) is 6.92 Å². The summed E-state index contributed by atoms with van der Waals surface area (Å²) >= 11 is 0. The fraction of sp³-hybridized carbons (Fsp3) is 0.211. The predicted molar refractivity (Wildman–Crippen MR) is 84.6 cm³/mol. The second kappa shape index (κ2) is 7.88. The van der Waals surface area contributed by atoms with Gasteiger partial charge in [0.25, 0.3) is 0 Å². The van der Waals surface area contributed by atoms with E-state index in [2.05, 4.69) is 11.1 Å². The van der Waals surface area contributed by atoms with Gasteiger partial charge in [0, 0.05) is 38.9 Å². The summed E-state index contributed by atoms with van der Waals surface area (Å²) in [5, 5.41) is 0.688. The van der Waals surface area contributed by atoms with Crippen LogP contribution in [0.15, 0.2) is 42.6 Å². The minimum atomic E-state index is -4.86. The topological polar surface area (TPSA) is 12.9 Å². The van der Waals surface area contributed by atoms with E-state index < -0.39 is 23.5 Å². The fourth-order valence-electron chi connectivity index (χ4n) is 2.69. The monoisotopic (exact) mass is 457 g/mol. The average molecular weight is 457 g/mol. The maximum absolute atomic E-state index is 13.0. The molecular formula is C19H12F6NY-. The van der Waals surface area contributed by atoms with Crippen molar-refractivity contribution in [2.24, 2.45) is 0 Å². The quantitative estimate of drug-likeness (QED) is 0.342. The van der Waals surface area contributed by atoms with Gasteiger partial charge in [0.05, 0.1) is 11.1 Å². The molecule has 0 aliphatic rings. The van der Waals surface area contributed by atoms with Crippen molar-refractivity contribution in [1.29, 1.82) is 0 Å². The molecular weight excluding hydrogens is 445 g/mol. The summed E-state index contributed by atoms with van der Waals surface area (Å²) in [6, 6.07) is 9.67. The van der Waals surface area contributed by atoms with Gasteiger partial charge in [-0.3, -0.25) is 0 Å². The number of fused-ring (bicyclic) bond motifs is 1. The summed E-state index contributed by atoms with van der Waals surface area (Å²) in [5.41, 5.74) is -0.696. The Hall–Kier alpha value is -1.47. The Balaban J connectivity index is 0.00000261. The van der Waals surface area contributed by atoms with Crippen molar-refractivity contribution >= 4 is 10.9 Å². The largest absolute Gasteiger partial charge is 0.416 e. The van der Waals surface area contributed by atoms with Gasteiger partial charge in [0.1, 0.15) is 0 Å². The van der Waals surface area contributed by atoms with Gasteiger partial charge in [-0.2, -0.15) is 26.3 Å². The molecule has 0 saturated heterocycles. The van der Waals surface area contributed by atoms with Crippen molar-refractivity contribution < 1.29 is 59.1 Å². The molecule has 0 N–H and O–H groups in total. The molecule has 139 valence electrons. The number of aryl methyl sites for hydroxylation is 1. The first-order valence-corrected chi connectivity index (χ1v) is 7.59. The van der Waals surface area contributed by atoms with E-state index in [-0.39, 0.29) is 50.8 Å². The van der Waals surface area contributed by atoms with Gasteiger partial charge in [-0.25, -0.2) is 0 Å². The number of pyridine rings is 1. The molecule has 3 rings (SSSR count). The van der Waals surface area contributed by atoms with Crippen LogP contribution in [0.25, 0.3) is 10.9 Å². The first kappa shape index (κ1) is 21.8. The summed E-state index contributed by atoms with van der Waals surface area (Å²) in [5.74, 6) is 0. The molecule has 0 aliphatic carbocycles. The molecule has 0 aliphatic heterocycles. The van der Waals surface area contributed by atoms with Crippen LogP contribution in [-0.4, -0.2) is 4.98 Å². The molecule has 0 unspecified atom stereocenters.